The van der Waals surface area contributed by atoms with E-state index < -0.39 is 0 Å². The molecule has 0 fully saturated rings. The van der Waals surface area contributed by atoms with Gasteiger partial charge in [-0.05, 0) is 36.4 Å². The Morgan fingerprint density at radius 3 is 2.50 bits per heavy atom. The van der Waals surface area contributed by atoms with Crippen molar-refractivity contribution in [3.05, 3.63) is 42.2 Å². The SMILES string of the molecule is CC(C)Sc1ccc2nnc(-c3ccc(F)cc3)n2n1. The van der Waals surface area contributed by atoms with E-state index in [-0.39, 0.29) is 5.82 Å². The molecule has 0 bridgehead atoms. The summed E-state index contributed by atoms with van der Waals surface area (Å²) in [5.41, 5.74) is 1.47. The smallest absolute Gasteiger partial charge is 0.185 e. The zero-order valence-corrected chi connectivity index (χ0v) is 11.9. The van der Waals surface area contributed by atoms with E-state index in [0.717, 1.165) is 10.6 Å². The van der Waals surface area contributed by atoms with E-state index in [1.165, 1.54) is 12.1 Å². The quantitative estimate of drug-likeness (QED) is 0.693. The largest absolute Gasteiger partial charge is 0.207 e. The fraction of sp³-hybridized carbons (Fsp3) is 0.214. The molecule has 0 unspecified atom stereocenters. The number of fused-ring (bicyclic) bond motifs is 1. The van der Waals surface area contributed by atoms with Crippen LogP contribution >= 0.6 is 11.8 Å². The highest BCUT2D eigenvalue weighted by atomic mass is 32.2. The first kappa shape index (κ1) is 13.1. The summed E-state index contributed by atoms with van der Waals surface area (Å²) < 4.78 is 14.7. The molecule has 3 aromatic rings. The topological polar surface area (TPSA) is 43.1 Å². The predicted octanol–water partition coefficient (Wildman–Crippen LogP) is 3.43. The number of rotatable bonds is 3. The van der Waals surface area contributed by atoms with Gasteiger partial charge >= 0.3 is 0 Å². The Bertz CT molecular complexity index is 737. The Hall–Kier alpha value is -1.95. The molecule has 4 nitrogen and oxygen atoms in total. The lowest BCUT2D eigenvalue weighted by Gasteiger charge is -2.05. The zero-order chi connectivity index (χ0) is 14.1. The van der Waals surface area contributed by atoms with Crippen LogP contribution in [0.4, 0.5) is 4.39 Å². The van der Waals surface area contributed by atoms with Gasteiger partial charge in [0.25, 0.3) is 0 Å². The average Bonchev–Trinajstić information content (AvgIpc) is 2.82. The molecule has 102 valence electrons. The highest BCUT2D eigenvalue weighted by Crippen LogP contribution is 2.23. The van der Waals surface area contributed by atoms with Gasteiger partial charge < -0.3 is 0 Å². The molecule has 0 atom stereocenters. The molecular formula is C14H13FN4S. The molecular weight excluding hydrogens is 275 g/mol. The van der Waals surface area contributed by atoms with E-state index in [9.17, 15) is 4.39 Å². The van der Waals surface area contributed by atoms with Gasteiger partial charge in [-0.15, -0.1) is 22.0 Å². The van der Waals surface area contributed by atoms with Gasteiger partial charge in [0.15, 0.2) is 11.5 Å². The van der Waals surface area contributed by atoms with Crippen LogP contribution < -0.4 is 0 Å². The number of aromatic nitrogens is 4. The molecule has 0 saturated heterocycles. The maximum absolute atomic E-state index is 13.0. The third kappa shape index (κ3) is 2.51. The van der Waals surface area contributed by atoms with Crippen molar-refractivity contribution < 1.29 is 4.39 Å². The first-order chi connectivity index (χ1) is 9.63. The van der Waals surface area contributed by atoms with E-state index >= 15 is 0 Å². The number of hydrogen-bond donors (Lipinski definition) is 0. The maximum Gasteiger partial charge on any atom is 0.185 e. The minimum atomic E-state index is -0.272. The van der Waals surface area contributed by atoms with Crippen molar-refractivity contribution in [2.45, 2.75) is 24.1 Å². The van der Waals surface area contributed by atoms with Crippen molar-refractivity contribution in [3.8, 4) is 11.4 Å². The molecule has 20 heavy (non-hydrogen) atoms. The third-order valence-electron chi connectivity index (χ3n) is 2.70. The van der Waals surface area contributed by atoms with Crippen molar-refractivity contribution >= 4 is 17.4 Å². The predicted molar refractivity (Wildman–Crippen MR) is 77.2 cm³/mol. The van der Waals surface area contributed by atoms with Crippen LogP contribution in [0.3, 0.4) is 0 Å². The van der Waals surface area contributed by atoms with Crippen LogP contribution in [0.25, 0.3) is 17.0 Å². The lowest BCUT2D eigenvalue weighted by molar-refractivity contribution is 0.628. The van der Waals surface area contributed by atoms with Crippen LogP contribution in [0.2, 0.25) is 0 Å². The minimum Gasteiger partial charge on any atom is -0.207 e. The lowest BCUT2D eigenvalue weighted by atomic mass is 10.2. The molecule has 0 aliphatic rings. The van der Waals surface area contributed by atoms with Crippen molar-refractivity contribution in [2.75, 3.05) is 0 Å². The fourth-order valence-electron chi connectivity index (χ4n) is 1.86. The van der Waals surface area contributed by atoms with E-state index in [1.54, 1.807) is 28.4 Å². The molecule has 1 aromatic carbocycles. The van der Waals surface area contributed by atoms with E-state index in [0.29, 0.717) is 16.7 Å². The number of thioether (sulfide) groups is 1. The van der Waals surface area contributed by atoms with Crippen LogP contribution in [-0.4, -0.2) is 25.1 Å². The highest BCUT2D eigenvalue weighted by Gasteiger charge is 2.10. The number of nitrogens with zero attached hydrogens (tertiary/aromatic N) is 4. The molecule has 3 rings (SSSR count). The zero-order valence-electron chi connectivity index (χ0n) is 11.1. The minimum absolute atomic E-state index is 0.272. The van der Waals surface area contributed by atoms with E-state index in [1.807, 2.05) is 12.1 Å². The van der Waals surface area contributed by atoms with Gasteiger partial charge in [-0.3, -0.25) is 0 Å². The molecule has 0 radical (unpaired) electrons. The first-order valence-electron chi connectivity index (χ1n) is 6.28. The number of halogens is 1. The molecule has 0 aliphatic carbocycles. The maximum atomic E-state index is 13.0. The second kappa shape index (κ2) is 5.20. The summed E-state index contributed by atoms with van der Waals surface area (Å²) in [5.74, 6) is 0.345. The van der Waals surface area contributed by atoms with Crippen LogP contribution in [-0.2, 0) is 0 Å². The summed E-state index contributed by atoms with van der Waals surface area (Å²) in [6.45, 7) is 4.23. The summed E-state index contributed by atoms with van der Waals surface area (Å²) >= 11 is 1.68. The second-order valence-corrected chi connectivity index (χ2v) is 6.24. The summed E-state index contributed by atoms with van der Waals surface area (Å²) in [4.78, 5) is 0. The van der Waals surface area contributed by atoms with Crippen LogP contribution in [0.1, 0.15) is 13.8 Å². The third-order valence-corrected chi connectivity index (χ3v) is 3.63. The van der Waals surface area contributed by atoms with Gasteiger partial charge in [0, 0.05) is 10.8 Å². The number of benzene rings is 1. The summed E-state index contributed by atoms with van der Waals surface area (Å²) in [5, 5.41) is 14.1. The Labute approximate surface area is 120 Å². The van der Waals surface area contributed by atoms with Crippen molar-refractivity contribution in [1.29, 1.82) is 0 Å². The standard InChI is InChI=1S/C14H13FN4S/c1-9(2)20-13-8-7-12-16-17-14(19(12)18-13)10-3-5-11(15)6-4-10/h3-9H,1-2H3. The molecule has 0 spiro atoms. The molecule has 0 saturated carbocycles. The Balaban J connectivity index is 2.09. The number of hydrogen-bond acceptors (Lipinski definition) is 4. The Morgan fingerprint density at radius 2 is 1.80 bits per heavy atom. The van der Waals surface area contributed by atoms with Gasteiger partial charge in [0.2, 0.25) is 0 Å². The summed E-state index contributed by atoms with van der Waals surface area (Å²) in [6, 6.07) is 9.98. The summed E-state index contributed by atoms with van der Waals surface area (Å²) in [7, 11) is 0. The molecule has 0 amide bonds. The average molecular weight is 288 g/mol. The van der Waals surface area contributed by atoms with Crippen LogP contribution in [0.15, 0.2) is 41.4 Å². The molecule has 0 N–H and O–H groups in total. The molecule has 0 aliphatic heterocycles. The fourth-order valence-corrected chi connectivity index (χ4v) is 2.61. The van der Waals surface area contributed by atoms with Crippen LogP contribution in [0.5, 0.6) is 0 Å². The molecule has 6 heteroatoms. The Kier molecular flexibility index (Phi) is 3.40. The van der Waals surface area contributed by atoms with Gasteiger partial charge in [-0.25, -0.2) is 4.39 Å². The summed E-state index contributed by atoms with van der Waals surface area (Å²) in [6.07, 6.45) is 0. The normalized spacial score (nSPS) is 11.4. The van der Waals surface area contributed by atoms with Crippen molar-refractivity contribution in [1.82, 2.24) is 19.8 Å². The molecule has 2 aromatic heterocycles. The van der Waals surface area contributed by atoms with Gasteiger partial charge in [0.1, 0.15) is 10.8 Å². The Morgan fingerprint density at radius 1 is 1.05 bits per heavy atom. The monoisotopic (exact) mass is 288 g/mol. The molecule has 2 heterocycles. The van der Waals surface area contributed by atoms with Crippen LogP contribution in [0, 0.1) is 5.82 Å². The first-order valence-corrected chi connectivity index (χ1v) is 7.16. The van der Waals surface area contributed by atoms with E-state index in [4.69, 9.17) is 0 Å². The van der Waals surface area contributed by atoms with E-state index in [2.05, 4.69) is 29.1 Å². The van der Waals surface area contributed by atoms with Gasteiger partial charge in [0.05, 0.1) is 0 Å². The van der Waals surface area contributed by atoms with Gasteiger partial charge in [-0.2, -0.15) is 9.61 Å². The lowest BCUT2D eigenvalue weighted by Crippen LogP contribution is -1.98. The van der Waals surface area contributed by atoms with Crippen molar-refractivity contribution in [3.63, 3.8) is 0 Å². The van der Waals surface area contributed by atoms with Gasteiger partial charge in [-0.1, -0.05) is 13.8 Å². The second-order valence-electron chi connectivity index (χ2n) is 4.64. The van der Waals surface area contributed by atoms with Crippen molar-refractivity contribution in [2.24, 2.45) is 0 Å². The highest BCUT2D eigenvalue weighted by molar-refractivity contribution is 7.99.